The van der Waals surface area contributed by atoms with Crippen molar-refractivity contribution in [2.45, 2.75) is 49.2 Å². The van der Waals surface area contributed by atoms with Gasteiger partial charge in [0.15, 0.2) is 47.1 Å². The zero-order chi connectivity index (χ0) is 31.8. The molecule has 3 aliphatic rings. The van der Waals surface area contributed by atoms with Crippen molar-refractivity contribution in [3.05, 3.63) is 33.4 Å². The summed E-state index contributed by atoms with van der Waals surface area (Å²) in [6, 6.07) is 0. The van der Waals surface area contributed by atoms with Crippen LogP contribution in [0.4, 0.5) is 20.7 Å². The Labute approximate surface area is 253 Å². The lowest BCUT2D eigenvalue weighted by atomic mass is 10.1. The van der Waals surface area contributed by atoms with E-state index in [1.54, 1.807) is 0 Å². The van der Waals surface area contributed by atoms with Gasteiger partial charge in [0, 0.05) is 0 Å². The molecule has 242 valence electrons. The van der Waals surface area contributed by atoms with E-state index in [0.717, 1.165) is 21.8 Å². The maximum absolute atomic E-state index is 15.9. The maximum atomic E-state index is 15.9. The van der Waals surface area contributed by atoms with Gasteiger partial charge in [-0.15, -0.1) is 0 Å². The number of anilines is 2. The summed E-state index contributed by atoms with van der Waals surface area (Å²) >= 11 is 3.95. The second-order valence-electron chi connectivity index (χ2n) is 10.0. The van der Waals surface area contributed by atoms with Crippen LogP contribution in [0.2, 0.25) is 0 Å². The Balaban J connectivity index is 1.15. The van der Waals surface area contributed by atoms with Crippen LogP contribution < -0.4 is 22.6 Å². The van der Waals surface area contributed by atoms with Gasteiger partial charge in [-0.3, -0.25) is 42.3 Å². The first-order chi connectivity index (χ1) is 21.4. The quantitative estimate of drug-likeness (QED) is 0.138. The van der Waals surface area contributed by atoms with Crippen LogP contribution in [-0.2, 0) is 36.7 Å². The number of nitrogens with one attached hydrogen (secondary N) is 2. The van der Waals surface area contributed by atoms with E-state index in [-0.39, 0.29) is 34.2 Å². The number of aromatic amines is 2. The van der Waals surface area contributed by atoms with Crippen molar-refractivity contribution in [1.29, 1.82) is 0 Å². The number of H-pyrrole nitrogens is 2. The zero-order valence-electron chi connectivity index (χ0n) is 22.3. The van der Waals surface area contributed by atoms with E-state index >= 15 is 8.78 Å². The molecular weight excluding hydrogens is 672 g/mol. The molecule has 1 unspecified atom stereocenters. The number of nitrogen functional groups attached to an aromatic ring is 2. The fourth-order valence-electron chi connectivity index (χ4n) is 5.28. The summed E-state index contributed by atoms with van der Waals surface area (Å²) in [4.78, 5) is 44.7. The first kappa shape index (κ1) is 30.4. The average molecular weight is 694 g/mol. The Hall–Kier alpha value is -3.27. The molecule has 3 aliphatic heterocycles. The van der Waals surface area contributed by atoms with Gasteiger partial charge in [-0.1, -0.05) is 12.2 Å². The van der Waals surface area contributed by atoms with Crippen molar-refractivity contribution < 1.29 is 45.5 Å². The Morgan fingerprint density at radius 2 is 1.42 bits per heavy atom. The van der Waals surface area contributed by atoms with Crippen molar-refractivity contribution in [3.63, 3.8) is 0 Å². The Kier molecular flexibility index (Phi) is 7.57. The van der Waals surface area contributed by atoms with E-state index < -0.39 is 88.6 Å². The number of nitrogens with two attached hydrogens (primary N) is 2. The minimum absolute atomic E-state index is 0.115. The van der Waals surface area contributed by atoms with Crippen LogP contribution in [0.15, 0.2) is 22.2 Å². The monoisotopic (exact) mass is 694 g/mol. The normalized spacial score (nSPS) is 36.0. The van der Waals surface area contributed by atoms with Crippen LogP contribution in [0.25, 0.3) is 22.3 Å². The fraction of sp³-hybridized carbons (Fsp3) is 0.500. The molecular formula is C20H22F2N10O10P2S. The summed E-state index contributed by atoms with van der Waals surface area (Å²) in [5, 5.41) is 0. The Bertz CT molecular complexity index is 1990. The molecule has 20 nitrogen and oxygen atoms in total. The number of halogens is 2. The predicted molar refractivity (Wildman–Crippen MR) is 150 cm³/mol. The molecule has 0 aromatic carbocycles. The van der Waals surface area contributed by atoms with E-state index in [2.05, 4.69) is 42.2 Å². The summed E-state index contributed by atoms with van der Waals surface area (Å²) < 4.78 is 93.1. The van der Waals surface area contributed by atoms with Gasteiger partial charge in [-0.2, -0.15) is 9.97 Å². The third kappa shape index (κ3) is 5.36. The van der Waals surface area contributed by atoms with Crippen molar-refractivity contribution in [2.75, 3.05) is 24.7 Å². The van der Waals surface area contributed by atoms with Gasteiger partial charge in [0.1, 0.15) is 24.4 Å². The van der Waals surface area contributed by atoms with Gasteiger partial charge in [-0.25, -0.2) is 23.3 Å². The summed E-state index contributed by atoms with van der Waals surface area (Å²) in [5.74, 6) is -0.536. The summed E-state index contributed by atoms with van der Waals surface area (Å²) in [6.45, 7) is -5.79. The highest BCUT2D eigenvalue weighted by molar-refractivity contribution is 8.44. The summed E-state index contributed by atoms with van der Waals surface area (Å²) in [5.41, 5.74) is 9.32. The summed E-state index contributed by atoms with van der Waals surface area (Å²) in [7, 11) is -3.53. The van der Waals surface area contributed by atoms with Gasteiger partial charge >= 0.3 is 15.1 Å². The smallest absolute Gasteiger partial charge is 0.369 e. The molecule has 0 bridgehead atoms. The molecule has 3 fully saturated rings. The van der Waals surface area contributed by atoms with Gasteiger partial charge in [0.2, 0.25) is 11.9 Å². The van der Waals surface area contributed by atoms with Crippen LogP contribution in [0.3, 0.4) is 0 Å². The third-order valence-corrected chi connectivity index (χ3v) is 9.72. The highest BCUT2D eigenvalue weighted by Gasteiger charge is 2.53. The highest BCUT2D eigenvalue weighted by Crippen LogP contribution is 2.57. The Morgan fingerprint density at radius 1 is 0.911 bits per heavy atom. The molecule has 3 saturated heterocycles. The van der Waals surface area contributed by atoms with Crippen LogP contribution >= 0.6 is 27.3 Å². The standard InChI is InChI=1S/C20H22F2N10O10P2S/c21-7-11-6(40-17(7)31-3-25-9-13(31)27-19(23)29-15(9)33)2-38-44(36,45)42-12-5(1-37-43(35)41-11)39-18(8(12)22)32-4-26-10-14(32)28-20(24)30-16(10)34/h3-8,11-12,17-18,43H,1-2H2,(H,36,45)(H3,23,27,29,33)(H3,24,28,30,34)/t5-,6-,7-,8-,11-,12-,17-,18-,44-/m1/s1. The minimum Gasteiger partial charge on any atom is -0.369 e. The number of nitrogens with zero attached hydrogens (tertiary/aromatic N) is 6. The topological polar surface area (TPSA) is 269 Å². The second kappa shape index (κ2) is 11.2. The number of hydrogen-bond acceptors (Lipinski definition) is 16. The number of thiol groups is 1. The first-order valence-corrected chi connectivity index (χ1v) is 16.8. The molecule has 0 saturated carbocycles. The molecule has 6 N–H and O–H groups in total. The van der Waals surface area contributed by atoms with Crippen LogP contribution in [0.5, 0.6) is 0 Å². The molecule has 0 amide bonds. The molecule has 0 spiro atoms. The van der Waals surface area contributed by atoms with Crippen LogP contribution in [0, 0.1) is 0 Å². The van der Waals surface area contributed by atoms with E-state index in [1.807, 2.05) is 0 Å². The number of imidazole rings is 2. The van der Waals surface area contributed by atoms with Gasteiger partial charge < -0.3 is 30.0 Å². The van der Waals surface area contributed by atoms with E-state index in [0.29, 0.717) is 0 Å². The lowest BCUT2D eigenvalue weighted by Crippen LogP contribution is -2.36. The Morgan fingerprint density at radius 3 is 1.98 bits per heavy atom. The van der Waals surface area contributed by atoms with Crippen molar-refractivity contribution in [3.8, 4) is 0 Å². The SMILES string of the molecule is Nc1nc2c(ncn2[C@@H]2O[C@@H]3CO[P@@](=O)(S)O[C@H]4[C@@H](F)[C@H](n5cnc6c(=O)[nH]c(N)nc65)O[C@@H]4CO[PH](=O)O[C@H]3[C@H]2F)c(=O)[nH]1. The third-order valence-electron chi connectivity index (χ3n) is 7.24. The molecule has 25 heteroatoms. The molecule has 45 heavy (non-hydrogen) atoms. The highest BCUT2D eigenvalue weighted by atomic mass is 32.7. The molecule has 0 aliphatic carbocycles. The maximum Gasteiger partial charge on any atom is 0.386 e. The molecule has 7 rings (SSSR count). The lowest BCUT2D eigenvalue weighted by Gasteiger charge is -2.26. The molecule has 0 radical (unpaired) electrons. The largest absolute Gasteiger partial charge is 0.386 e. The first-order valence-electron chi connectivity index (χ1n) is 12.9. The van der Waals surface area contributed by atoms with E-state index in [4.69, 9.17) is 39.0 Å². The number of alkyl halides is 2. The fourth-order valence-corrected chi connectivity index (χ4v) is 7.63. The van der Waals surface area contributed by atoms with Crippen molar-refractivity contribution in [1.82, 2.24) is 39.0 Å². The number of ether oxygens (including phenoxy) is 2. The van der Waals surface area contributed by atoms with Crippen molar-refractivity contribution in [2.24, 2.45) is 0 Å². The number of rotatable bonds is 2. The summed E-state index contributed by atoms with van der Waals surface area (Å²) in [6.07, 6.45) is -11.2. The molecule has 7 heterocycles. The molecule has 4 aromatic heterocycles. The van der Waals surface area contributed by atoms with Crippen LogP contribution in [-0.4, -0.2) is 89.0 Å². The second-order valence-corrected chi connectivity index (χ2v) is 13.9. The zero-order valence-corrected chi connectivity index (χ0v) is 25.0. The average Bonchev–Trinajstić information content (AvgIpc) is 3.72. The van der Waals surface area contributed by atoms with Gasteiger partial charge in [0.25, 0.3) is 11.1 Å². The molecule has 10 atom stereocenters. The van der Waals surface area contributed by atoms with E-state index in [1.165, 1.54) is 0 Å². The lowest BCUT2D eigenvalue weighted by molar-refractivity contribution is -0.0539. The number of hydrogen-bond donors (Lipinski definition) is 5. The number of aromatic nitrogens is 8. The minimum atomic E-state index is -4.45. The number of fused-ring (bicyclic) bond motifs is 4. The van der Waals surface area contributed by atoms with E-state index in [9.17, 15) is 18.7 Å². The predicted octanol–water partition coefficient (Wildman–Crippen LogP) is 0.133. The van der Waals surface area contributed by atoms with Crippen LogP contribution in [0.1, 0.15) is 12.5 Å². The van der Waals surface area contributed by atoms with Gasteiger partial charge in [0.05, 0.1) is 25.9 Å². The molecule has 4 aromatic rings. The van der Waals surface area contributed by atoms with Crippen molar-refractivity contribution >= 4 is 61.5 Å². The van der Waals surface area contributed by atoms with Gasteiger partial charge in [-0.05, 0) is 0 Å².